The molecular weight excluding hydrogens is 374 g/mol. The molecule has 148 valence electrons. The predicted molar refractivity (Wildman–Crippen MR) is 107 cm³/mol. The summed E-state index contributed by atoms with van der Waals surface area (Å²) >= 11 is 1.62. The number of amides is 2. The van der Waals surface area contributed by atoms with E-state index in [1.165, 1.54) is 10.4 Å². The monoisotopic (exact) mass is 399 g/mol. The van der Waals surface area contributed by atoms with E-state index in [2.05, 4.69) is 11.1 Å². The first-order chi connectivity index (χ1) is 13.7. The quantitative estimate of drug-likeness (QED) is 0.844. The molecule has 0 saturated carbocycles. The lowest BCUT2D eigenvalue weighted by atomic mass is 9.85. The Balaban J connectivity index is 1.35. The summed E-state index contributed by atoms with van der Waals surface area (Å²) in [7, 11) is 0. The molecule has 3 aliphatic rings. The number of likely N-dealkylation sites (tertiary alicyclic amines) is 2. The molecule has 0 aromatic carbocycles. The van der Waals surface area contributed by atoms with Gasteiger partial charge in [-0.1, -0.05) is 0 Å². The molecule has 2 fully saturated rings. The van der Waals surface area contributed by atoms with Gasteiger partial charge in [-0.25, -0.2) is 0 Å². The highest BCUT2D eigenvalue weighted by atomic mass is 32.1. The van der Waals surface area contributed by atoms with Crippen molar-refractivity contribution in [1.82, 2.24) is 14.8 Å². The molecule has 1 N–H and O–H groups in total. The summed E-state index contributed by atoms with van der Waals surface area (Å²) in [5.74, 6) is 0.221. The molecule has 2 saturated heterocycles. The van der Waals surface area contributed by atoms with E-state index < -0.39 is 0 Å². The summed E-state index contributed by atoms with van der Waals surface area (Å²) in [5.41, 5.74) is 1.56. The highest BCUT2D eigenvalue weighted by molar-refractivity contribution is 7.14. The highest BCUT2D eigenvalue weighted by Gasteiger charge is 2.44. The Hall–Kier alpha value is -2.12. The summed E-state index contributed by atoms with van der Waals surface area (Å²) < 4.78 is 6.31. The molecule has 5 heterocycles. The third-order valence-corrected chi connectivity index (χ3v) is 7.61. The van der Waals surface area contributed by atoms with Crippen molar-refractivity contribution in [3.05, 3.63) is 45.4 Å². The molecule has 1 spiro atoms. The van der Waals surface area contributed by atoms with Crippen molar-refractivity contribution >= 4 is 23.2 Å². The molecule has 0 radical (unpaired) electrons. The summed E-state index contributed by atoms with van der Waals surface area (Å²) in [6, 6.07) is 5.76. The van der Waals surface area contributed by atoms with Crippen molar-refractivity contribution in [2.45, 2.75) is 37.7 Å². The van der Waals surface area contributed by atoms with Crippen molar-refractivity contribution in [2.75, 3.05) is 32.8 Å². The standard InChI is InChI=1S/C21H25N3O3S/c25-19(16-4-3-8-22-16)24-11-6-21(7-12-24)18-15(5-13-27-21)14-17(28-18)20(26)23-9-1-2-10-23/h3-4,8,14,22H,1-2,5-7,9-13H2. The number of nitrogens with one attached hydrogen (secondary N) is 1. The maximum absolute atomic E-state index is 12.8. The van der Waals surface area contributed by atoms with Gasteiger partial charge < -0.3 is 19.5 Å². The zero-order valence-corrected chi connectivity index (χ0v) is 16.7. The van der Waals surface area contributed by atoms with Gasteiger partial charge in [-0.3, -0.25) is 9.59 Å². The fourth-order valence-electron chi connectivity index (χ4n) is 4.68. The molecule has 5 rings (SSSR count). The van der Waals surface area contributed by atoms with E-state index in [-0.39, 0.29) is 17.4 Å². The zero-order valence-electron chi connectivity index (χ0n) is 15.9. The van der Waals surface area contributed by atoms with Gasteiger partial charge in [0.05, 0.1) is 11.5 Å². The van der Waals surface area contributed by atoms with Crippen LogP contribution >= 0.6 is 11.3 Å². The van der Waals surface area contributed by atoms with Crippen molar-refractivity contribution in [2.24, 2.45) is 0 Å². The number of fused-ring (bicyclic) bond motifs is 2. The fraction of sp³-hybridized carbons (Fsp3) is 0.524. The summed E-state index contributed by atoms with van der Waals surface area (Å²) in [5, 5.41) is 0. The van der Waals surface area contributed by atoms with E-state index in [9.17, 15) is 9.59 Å². The van der Waals surface area contributed by atoms with Crippen LogP contribution in [-0.2, 0) is 16.8 Å². The van der Waals surface area contributed by atoms with Gasteiger partial charge in [0.2, 0.25) is 0 Å². The van der Waals surface area contributed by atoms with E-state index in [1.54, 1.807) is 17.5 Å². The highest BCUT2D eigenvalue weighted by Crippen LogP contribution is 2.45. The summed E-state index contributed by atoms with van der Waals surface area (Å²) in [6.07, 6.45) is 6.42. The van der Waals surface area contributed by atoms with Crippen molar-refractivity contribution < 1.29 is 14.3 Å². The van der Waals surface area contributed by atoms with Crippen LogP contribution in [0, 0.1) is 0 Å². The van der Waals surface area contributed by atoms with Crippen LogP contribution in [0.4, 0.5) is 0 Å². The van der Waals surface area contributed by atoms with Crippen LogP contribution in [-0.4, -0.2) is 59.4 Å². The minimum Gasteiger partial charge on any atom is -0.369 e. The average molecular weight is 400 g/mol. The molecule has 28 heavy (non-hydrogen) atoms. The normalized spacial score (nSPS) is 21.1. The van der Waals surface area contributed by atoms with Gasteiger partial charge in [0.25, 0.3) is 11.8 Å². The van der Waals surface area contributed by atoms with Crippen molar-refractivity contribution in [1.29, 1.82) is 0 Å². The second-order valence-electron chi connectivity index (χ2n) is 7.93. The number of ether oxygens (including phenoxy) is 1. The van der Waals surface area contributed by atoms with Crippen LogP contribution in [0.3, 0.4) is 0 Å². The molecular formula is C21H25N3O3S. The molecule has 0 atom stereocenters. The minimum absolute atomic E-state index is 0.0481. The van der Waals surface area contributed by atoms with Gasteiger partial charge in [-0.2, -0.15) is 0 Å². The molecule has 3 aliphatic heterocycles. The van der Waals surface area contributed by atoms with Crippen molar-refractivity contribution in [3.63, 3.8) is 0 Å². The van der Waals surface area contributed by atoms with E-state index in [1.807, 2.05) is 21.9 Å². The van der Waals surface area contributed by atoms with Crippen LogP contribution in [0.2, 0.25) is 0 Å². The number of H-pyrrole nitrogens is 1. The molecule has 6 nitrogen and oxygen atoms in total. The van der Waals surface area contributed by atoms with Crippen LogP contribution in [0.15, 0.2) is 24.4 Å². The number of thiophene rings is 1. The van der Waals surface area contributed by atoms with Crippen LogP contribution in [0.25, 0.3) is 0 Å². The molecule has 0 unspecified atom stereocenters. The van der Waals surface area contributed by atoms with E-state index in [0.717, 1.165) is 50.1 Å². The van der Waals surface area contributed by atoms with Gasteiger partial charge in [-0.05, 0) is 55.9 Å². The van der Waals surface area contributed by atoms with Crippen LogP contribution < -0.4 is 0 Å². The lowest BCUT2D eigenvalue weighted by Crippen LogP contribution is -2.47. The minimum atomic E-state index is -0.339. The van der Waals surface area contributed by atoms with E-state index in [0.29, 0.717) is 25.4 Å². The smallest absolute Gasteiger partial charge is 0.270 e. The maximum atomic E-state index is 12.8. The molecule has 2 aromatic heterocycles. The van der Waals surface area contributed by atoms with Gasteiger partial charge in [0.1, 0.15) is 11.3 Å². The number of hydrogen-bond acceptors (Lipinski definition) is 4. The Labute approximate surface area is 168 Å². The number of aromatic nitrogens is 1. The van der Waals surface area contributed by atoms with E-state index in [4.69, 9.17) is 4.74 Å². The first-order valence-corrected chi connectivity index (χ1v) is 11.0. The number of aromatic amines is 1. The predicted octanol–water partition coefficient (Wildman–Crippen LogP) is 3.02. The third-order valence-electron chi connectivity index (χ3n) is 6.26. The average Bonchev–Trinajstić information content (AvgIpc) is 3.49. The largest absolute Gasteiger partial charge is 0.369 e. The number of carbonyl (C=O) groups is 2. The number of nitrogens with zero attached hydrogens (tertiary/aromatic N) is 2. The van der Waals surface area contributed by atoms with Gasteiger partial charge in [0, 0.05) is 37.3 Å². The van der Waals surface area contributed by atoms with Gasteiger partial charge in [-0.15, -0.1) is 11.3 Å². The second kappa shape index (κ2) is 7.04. The first kappa shape index (κ1) is 17.9. The third kappa shape index (κ3) is 2.97. The Morgan fingerprint density at radius 2 is 1.82 bits per heavy atom. The van der Waals surface area contributed by atoms with Crippen LogP contribution in [0.5, 0.6) is 0 Å². The van der Waals surface area contributed by atoms with Crippen LogP contribution in [0.1, 0.15) is 56.3 Å². The Morgan fingerprint density at radius 1 is 1.07 bits per heavy atom. The first-order valence-electron chi connectivity index (χ1n) is 10.2. The van der Waals surface area contributed by atoms with E-state index >= 15 is 0 Å². The van der Waals surface area contributed by atoms with Crippen molar-refractivity contribution in [3.8, 4) is 0 Å². The van der Waals surface area contributed by atoms with Gasteiger partial charge in [0.15, 0.2) is 0 Å². The lowest BCUT2D eigenvalue weighted by Gasteiger charge is -2.43. The number of rotatable bonds is 2. The second-order valence-corrected chi connectivity index (χ2v) is 8.99. The molecule has 7 heteroatoms. The number of carbonyl (C=O) groups excluding carboxylic acids is 2. The number of piperidine rings is 1. The molecule has 0 bridgehead atoms. The SMILES string of the molecule is O=C(c1ccc[nH]1)N1CCC2(CC1)OCCc1cc(C(=O)N3CCCC3)sc12. The Kier molecular flexibility index (Phi) is 4.51. The topological polar surface area (TPSA) is 65.6 Å². The number of hydrogen-bond donors (Lipinski definition) is 1. The lowest BCUT2D eigenvalue weighted by molar-refractivity contribution is -0.0906. The maximum Gasteiger partial charge on any atom is 0.270 e. The zero-order chi connectivity index (χ0) is 19.1. The summed E-state index contributed by atoms with van der Waals surface area (Å²) in [4.78, 5) is 34.4. The fourth-order valence-corrected chi connectivity index (χ4v) is 6.06. The molecule has 2 aromatic rings. The van der Waals surface area contributed by atoms with Gasteiger partial charge >= 0.3 is 0 Å². The Morgan fingerprint density at radius 3 is 2.54 bits per heavy atom. The molecule has 2 amide bonds. The molecule has 0 aliphatic carbocycles. The summed E-state index contributed by atoms with van der Waals surface area (Å²) in [6.45, 7) is 3.78. The Bertz CT molecular complexity index is 875.